The van der Waals surface area contributed by atoms with Crippen molar-refractivity contribution in [2.75, 3.05) is 12.4 Å². The Labute approximate surface area is 187 Å². The van der Waals surface area contributed by atoms with E-state index in [1.165, 1.54) is 0 Å². The number of sulfone groups is 1. The zero-order valence-corrected chi connectivity index (χ0v) is 18.7. The molecule has 4 aromatic rings. The van der Waals surface area contributed by atoms with E-state index < -0.39 is 9.84 Å². The molecule has 0 aliphatic heterocycles. The number of carbonyl (C=O) groups excluding carboxylic acids is 1. The van der Waals surface area contributed by atoms with E-state index >= 15 is 0 Å². The Kier molecular flexibility index (Phi) is 6.01. The third-order valence-corrected chi connectivity index (χ3v) is 6.94. The van der Waals surface area contributed by atoms with Gasteiger partial charge in [-0.3, -0.25) is 4.79 Å². The number of benzene rings is 3. The van der Waals surface area contributed by atoms with Gasteiger partial charge in [0.1, 0.15) is 12.3 Å². The van der Waals surface area contributed by atoms with E-state index in [1.807, 2.05) is 49.4 Å². The highest BCUT2D eigenvalue weighted by atomic mass is 32.2. The summed E-state index contributed by atoms with van der Waals surface area (Å²) in [7, 11) is -2.06. The molecule has 32 heavy (non-hydrogen) atoms. The van der Waals surface area contributed by atoms with Crippen LogP contribution in [0.2, 0.25) is 0 Å². The highest BCUT2D eigenvalue weighted by Gasteiger charge is 2.22. The quantitative estimate of drug-likeness (QED) is 0.449. The Morgan fingerprint density at radius 3 is 2.47 bits per heavy atom. The average molecular weight is 449 g/mol. The molecule has 0 saturated carbocycles. The normalized spacial score (nSPS) is 11.4. The Morgan fingerprint density at radius 1 is 1.00 bits per heavy atom. The number of aromatic nitrogens is 1. The van der Waals surface area contributed by atoms with Crippen LogP contribution in [0.3, 0.4) is 0 Å². The van der Waals surface area contributed by atoms with Crippen molar-refractivity contribution in [1.29, 1.82) is 0 Å². The van der Waals surface area contributed by atoms with E-state index in [9.17, 15) is 13.2 Å². The fourth-order valence-electron chi connectivity index (χ4n) is 3.73. The molecule has 7 heteroatoms. The summed E-state index contributed by atoms with van der Waals surface area (Å²) >= 11 is 0. The van der Waals surface area contributed by atoms with Crippen LogP contribution in [0.4, 0.5) is 5.69 Å². The number of aryl methyl sites for hydroxylation is 1. The molecule has 1 aromatic heterocycles. The first-order chi connectivity index (χ1) is 15.4. The molecule has 0 spiro atoms. The van der Waals surface area contributed by atoms with Crippen LogP contribution < -0.4 is 10.1 Å². The molecule has 0 saturated heterocycles. The van der Waals surface area contributed by atoms with E-state index in [-0.39, 0.29) is 23.1 Å². The van der Waals surface area contributed by atoms with Gasteiger partial charge < -0.3 is 14.6 Å². The van der Waals surface area contributed by atoms with Gasteiger partial charge in [-0.25, -0.2) is 8.42 Å². The van der Waals surface area contributed by atoms with Crippen molar-refractivity contribution in [3.8, 4) is 5.75 Å². The number of para-hydroxylation sites is 1. The molecule has 0 atom stereocenters. The van der Waals surface area contributed by atoms with Crippen LogP contribution >= 0.6 is 0 Å². The lowest BCUT2D eigenvalue weighted by Gasteiger charge is -2.12. The first kappa shape index (κ1) is 21.6. The summed E-state index contributed by atoms with van der Waals surface area (Å²) in [5, 5.41) is 3.47. The molecule has 0 radical (unpaired) electrons. The maximum atomic E-state index is 13.2. The Balaban J connectivity index is 1.65. The lowest BCUT2D eigenvalue weighted by molar-refractivity contribution is -0.116. The Hall–Kier alpha value is -3.58. The lowest BCUT2D eigenvalue weighted by atomic mass is 10.2. The summed E-state index contributed by atoms with van der Waals surface area (Å²) < 4.78 is 33.4. The summed E-state index contributed by atoms with van der Waals surface area (Å²) in [5.41, 5.74) is 2.96. The van der Waals surface area contributed by atoms with Gasteiger partial charge in [0, 0.05) is 17.1 Å². The molecule has 1 amide bonds. The number of nitrogens with zero attached hydrogens (tertiary/aromatic N) is 1. The minimum atomic E-state index is -3.60. The summed E-state index contributed by atoms with van der Waals surface area (Å²) in [6.45, 7) is 1.90. The zero-order chi connectivity index (χ0) is 22.7. The predicted octanol–water partition coefficient (Wildman–Crippen LogP) is 4.57. The molecule has 3 aromatic carbocycles. The first-order valence-corrected chi connectivity index (χ1v) is 11.8. The summed E-state index contributed by atoms with van der Waals surface area (Å²) in [5.74, 6) is 0.184. The van der Waals surface area contributed by atoms with Crippen molar-refractivity contribution < 1.29 is 17.9 Å². The monoisotopic (exact) mass is 448 g/mol. The van der Waals surface area contributed by atoms with E-state index in [1.54, 1.807) is 48.2 Å². The highest BCUT2D eigenvalue weighted by Crippen LogP contribution is 2.29. The van der Waals surface area contributed by atoms with Crippen molar-refractivity contribution in [3.63, 3.8) is 0 Å². The molecule has 0 aliphatic rings. The van der Waals surface area contributed by atoms with Crippen LogP contribution in [-0.2, 0) is 26.9 Å². The van der Waals surface area contributed by atoms with Crippen LogP contribution in [-0.4, -0.2) is 26.0 Å². The second kappa shape index (κ2) is 8.88. The van der Waals surface area contributed by atoms with E-state index in [0.29, 0.717) is 27.9 Å². The Bertz CT molecular complexity index is 1380. The van der Waals surface area contributed by atoms with Crippen LogP contribution in [0, 0.1) is 6.92 Å². The minimum Gasteiger partial charge on any atom is -0.495 e. The summed E-state index contributed by atoms with van der Waals surface area (Å²) in [4.78, 5) is 13.0. The first-order valence-electron chi connectivity index (χ1n) is 10.2. The molecule has 1 N–H and O–H groups in total. The van der Waals surface area contributed by atoms with Gasteiger partial charge in [0.15, 0.2) is 9.84 Å². The molecular formula is C25H24N2O4S. The number of anilines is 1. The molecule has 164 valence electrons. The fraction of sp³-hybridized carbons (Fsp3) is 0.160. The number of fused-ring (bicyclic) bond motifs is 1. The minimum absolute atomic E-state index is 0.0293. The van der Waals surface area contributed by atoms with Crippen molar-refractivity contribution in [2.24, 2.45) is 0 Å². The smallest absolute Gasteiger partial charge is 0.244 e. The molecule has 0 fully saturated rings. The van der Waals surface area contributed by atoms with Gasteiger partial charge in [-0.2, -0.15) is 0 Å². The Morgan fingerprint density at radius 2 is 1.72 bits per heavy atom. The molecule has 4 rings (SSSR count). The van der Waals surface area contributed by atoms with Gasteiger partial charge in [-0.05, 0) is 36.2 Å². The van der Waals surface area contributed by atoms with E-state index in [0.717, 1.165) is 5.56 Å². The van der Waals surface area contributed by atoms with E-state index in [2.05, 4.69) is 5.32 Å². The average Bonchev–Trinajstić information content (AvgIpc) is 3.14. The number of amides is 1. The SMILES string of the molecule is COc1ccc(C)cc1NC(=O)Cn1cc(S(=O)(=O)Cc2ccccc2)c2ccccc21. The van der Waals surface area contributed by atoms with Gasteiger partial charge in [0.05, 0.1) is 23.4 Å². The van der Waals surface area contributed by atoms with Crippen molar-refractivity contribution in [2.45, 2.75) is 24.1 Å². The van der Waals surface area contributed by atoms with Crippen molar-refractivity contribution in [3.05, 3.63) is 90.1 Å². The van der Waals surface area contributed by atoms with Gasteiger partial charge in [-0.15, -0.1) is 0 Å². The maximum Gasteiger partial charge on any atom is 0.244 e. The van der Waals surface area contributed by atoms with Gasteiger partial charge in [-0.1, -0.05) is 54.6 Å². The number of hydrogen-bond acceptors (Lipinski definition) is 4. The fourth-order valence-corrected chi connectivity index (χ4v) is 5.31. The van der Waals surface area contributed by atoms with Gasteiger partial charge in [0.2, 0.25) is 5.91 Å². The third-order valence-electron chi connectivity index (χ3n) is 5.23. The third kappa shape index (κ3) is 4.53. The highest BCUT2D eigenvalue weighted by molar-refractivity contribution is 7.90. The number of carbonyl (C=O) groups is 1. The predicted molar refractivity (Wildman–Crippen MR) is 126 cm³/mol. The van der Waals surface area contributed by atoms with Crippen LogP contribution in [0.5, 0.6) is 5.75 Å². The molecule has 1 heterocycles. The molecule has 6 nitrogen and oxygen atoms in total. The number of ether oxygens (including phenoxy) is 1. The van der Waals surface area contributed by atoms with Crippen LogP contribution in [0.25, 0.3) is 10.9 Å². The van der Waals surface area contributed by atoms with Gasteiger partial charge in [0.25, 0.3) is 0 Å². The summed E-state index contributed by atoms with van der Waals surface area (Å²) in [6.07, 6.45) is 1.55. The summed E-state index contributed by atoms with van der Waals surface area (Å²) in [6, 6.07) is 21.8. The number of rotatable bonds is 7. The van der Waals surface area contributed by atoms with Crippen LogP contribution in [0.15, 0.2) is 83.9 Å². The van der Waals surface area contributed by atoms with E-state index in [4.69, 9.17) is 4.74 Å². The number of methoxy groups -OCH3 is 1. The molecule has 0 aliphatic carbocycles. The topological polar surface area (TPSA) is 77.4 Å². The second-order valence-electron chi connectivity index (χ2n) is 7.63. The standard InChI is InChI=1S/C25H24N2O4S/c1-18-12-13-23(31-2)21(14-18)26-25(28)16-27-15-24(20-10-6-7-11-22(20)27)32(29,30)17-19-8-4-3-5-9-19/h3-15H,16-17H2,1-2H3,(H,26,28). The largest absolute Gasteiger partial charge is 0.495 e. The second-order valence-corrected chi connectivity index (χ2v) is 9.59. The number of hydrogen-bond donors (Lipinski definition) is 1. The van der Waals surface area contributed by atoms with Crippen molar-refractivity contribution in [1.82, 2.24) is 4.57 Å². The van der Waals surface area contributed by atoms with Gasteiger partial charge >= 0.3 is 0 Å². The van der Waals surface area contributed by atoms with Crippen molar-refractivity contribution >= 4 is 32.3 Å². The lowest BCUT2D eigenvalue weighted by Crippen LogP contribution is -2.18. The maximum absolute atomic E-state index is 13.2. The molecular weight excluding hydrogens is 424 g/mol. The molecule has 0 bridgehead atoms. The van der Waals surface area contributed by atoms with Crippen LogP contribution in [0.1, 0.15) is 11.1 Å². The zero-order valence-electron chi connectivity index (χ0n) is 17.9. The molecule has 0 unspecified atom stereocenters. The number of nitrogens with one attached hydrogen (secondary N) is 1.